The Morgan fingerprint density at radius 3 is 1.31 bits per heavy atom. The van der Waals surface area contributed by atoms with E-state index in [0.29, 0.717) is 49.0 Å². The number of ether oxygens (including phenoxy) is 3. The Balaban J connectivity index is 1.14. The molecule has 1 saturated carbocycles. The van der Waals surface area contributed by atoms with Crippen LogP contribution in [0.4, 0.5) is 0 Å². The molecule has 0 amide bonds. The van der Waals surface area contributed by atoms with E-state index in [0.717, 1.165) is 42.6 Å². The highest BCUT2D eigenvalue weighted by molar-refractivity contribution is 5.52. The average molecular weight is 660 g/mol. The predicted octanol–water partition coefficient (Wildman–Crippen LogP) is 3.81. The van der Waals surface area contributed by atoms with Gasteiger partial charge in [-0.2, -0.15) is 0 Å². The second-order valence-corrected chi connectivity index (χ2v) is 14.6. The molecule has 0 bridgehead atoms. The van der Waals surface area contributed by atoms with Crippen LogP contribution in [-0.2, 0) is 5.41 Å². The molecule has 2 saturated heterocycles. The third kappa shape index (κ3) is 9.08. The molecule has 9 nitrogen and oxygen atoms in total. The van der Waals surface area contributed by atoms with Gasteiger partial charge >= 0.3 is 0 Å². The van der Waals surface area contributed by atoms with Gasteiger partial charge in [0.25, 0.3) is 0 Å². The molecule has 0 spiro atoms. The van der Waals surface area contributed by atoms with Crippen LogP contribution in [-0.4, -0.2) is 114 Å². The Labute approximate surface area is 285 Å². The molecule has 3 aliphatic rings. The molecule has 9 heteroatoms. The first-order valence-electron chi connectivity index (χ1n) is 17.5. The van der Waals surface area contributed by atoms with Crippen LogP contribution in [0.3, 0.4) is 0 Å². The number of hydrogen-bond acceptors (Lipinski definition) is 9. The largest absolute Gasteiger partial charge is 0.491 e. The van der Waals surface area contributed by atoms with Gasteiger partial charge in [-0.15, -0.1) is 0 Å². The molecule has 7 atom stereocenters. The number of β-amino-alcohol motifs (C(OH)–C–C–N with tert-alkyl or cyclic N) is 3. The summed E-state index contributed by atoms with van der Waals surface area (Å²) in [5.74, 6) is 2.13. The van der Waals surface area contributed by atoms with Gasteiger partial charge in [0.1, 0.15) is 55.4 Å². The molecular formula is C39H53N3O6. The van der Waals surface area contributed by atoms with Gasteiger partial charge in [0.15, 0.2) is 0 Å². The van der Waals surface area contributed by atoms with Crippen LogP contribution in [0, 0.1) is 0 Å². The van der Waals surface area contributed by atoms with Crippen molar-refractivity contribution in [1.29, 1.82) is 0 Å². The molecule has 0 radical (unpaired) electrons. The number of benzene rings is 3. The first kappa shape index (κ1) is 34.7. The van der Waals surface area contributed by atoms with Gasteiger partial charge < -0.3 is 34.8 Å². The summed E-state index contributed by atoms with van der Waals surface area (Å²) in [4.78, 5) is 4.44. The maximum absolute atomic E-state index is 10.4. The Morgan fingerprint density at radius 1 is 0.667 bits per heavy atom. The summed E-state index contributed by atoms with van der Waals surface area (Å²) in [6, 6.07) is 25.3. The highest BCUT2D eigenvalue weighted by atomic mass is 16.5. The monoisotopic (exact) mass is 659 g/mol. The summed E-state index contributed by atoms with van der Waals surface area (Å²) in [6.07, 6.45) is 0.650. The first-order valence-corrected chi connectivity index (χ1v) is 17.5. The van der Waals surface area contributed by atoms with E-state index in [-0.39, 0.29) is 25.4 Å². The fraction of sp³-hybridized carbons (Fsp3) is 0.538. The Kier molecular flexibility index (Phi) is 10.7. The number of rotatable bonds is 19. The third-order valence-corrected chi connectivity index (χ3v) is 10.3. The number of aliphatic hydroxyl groups excluding tert-OH is 3. The second-order valence-electron chi connectivity index (χ2n) is 14.6. The van der Waals surface area contributed by atoms with Crippen molar-refractivity contribution in [2.45, 2.75) is 81.9 Å². The van der Waals surface area contributed by atoms with Crippen molar-refractivity contribution in [3.05, 3.63) is 89.5 Å². The summed E-state index contributed by atoms with van der Waals surface area (Å²) in [6.45, 7) is 13.2. The maximum atomic E-state index is 10.4. The van der Waals surface area contributed by atoms with Crippen molar-refractivity contribution < 1.29 is 29.5 Å². The van der Waals surface area contributed by atoms with E-state index in [9.17, 15) is 15.3 Å². The lowest BCUT2D eigenvalue weighted by Gasteiger charge is -2.32. The van der Waals surface area contributed by atoms with Gasteiger partial charge in [-0.05, 0) is 93.6 Å². The van der Waals surface area contributed by atoms with Gasteiger partial charge in [-0.3, -0.25) is 9.80 Å². The van der Waals surface area contributed by atoms with Crippen molar-refractivity contribution in [3.8, 4) is 17.2 Å². The zero-order valence-corrected chi connectivity index (χ0v) is 28.8. The van der Waals surface area contributed by atoms with Crippen LogP contribution in [0.2, 0.25) is 0 Å². The van der Waals surface area contributed by atoms with Crippen LogP contribution >= 0.6 is 0 Å². The Hall–Kier alpha value is -3.18. The number of nitrogens with zero attached hydrogens (tertiary/aromatic N) is 2. The summed E-state index contributed by atoms with van der Waals surface area (Å²) in [5.41, 5.74) is 2.88. The van der Waals surface area contributed by atoms with Gasteiger partial charge in [0, 0.05) is 55.8 Å². The molecule has 4 N–H and O–H groups in total. The third-order valence-electron chi connectivity index (χ3n) is 10.3. The maximum Gasteiger partial charge on any atom is 0.119 e. The van der Waals surface area contributed by atoms with Gasteiger partial charge in [-0.1, -0.05) is 36.4 Å². The molecule has 260 valence electrons. The van der Waals surface area contributed by atoms with Crippen molar-refractivity contribution in [2.24, 2.45) is 0 Å². The fourth-order valence-electron chi connectivity index (χ4n) is 6.26. The smallest absolute Gasteiger partial charge is 0.119 e. The van der Waals surface area contributed by atoms with E-state index >= 15 is 0 Å². The summed E-state index contributed by atoms with van der Waals surface area (Å²) in [7, 11) is 0. The number of nitrogens with one attached hydrogen (secondary N) is 1. The minimum Gasteiger partial charge on any atom is -0.491 e. The zero-order chi connectivity index (χ0) is 33.9. The Bertz CT molecular complexity index is 1390. The van der Waals surface area contributed by atoms with E-state index < -0.39 is 23.7 Å². The second kappa shape index (κ2) is 14.7. The predicted molar refractivity (Wildman–Crippen MR) is 187 cm³/mol. The van der Waals surface area contributed by atoms with Crippen molar-refractivity contribution >= 4 is 0 Å². The topological polar surface area (TPSA) is 106 Å². The minimum absolute atomic E-state index is 0.171. The molecular weight excluding hydrogens is 606 g/mol. The lowest BCUT2D eigenvalue weighted by molar-refractivity contribution is 0.0924. The van der Waals surface area contributed by atoms with Crippen LogP contribution in [0.5, 0.6) is 17.2 Å². The van der Waals surface area contributed by atoms with Gasteiger partial charge in [-0.25, -0.2) is 0 Å². The summed E-state index contributed by atoms with van der Waals surface area (Å²) in [5, 5.41) is 34.6. The summed E-state index contributed by atoms with van der Waals surface area (Å²) < 4.78 is 17.9. The van der Waals surface area contributed by atoms with E-state index in [4.69, 9.17) is 14.2 Å². The molecule has 6 rings (SSSR count). The van der Waals surface area contributed by atoms with E-state index in [1.54, 1.807) is 0 Å². The van der Waals surface area contributed by atoms with Crippen LogP contribution in [0.1, 0.15) is 57.2 Å². The standard InChI is InChI=1S/C39H53N3O6/c1-27-20-41(27)22-33(44)25-47-36-13-7-30(8-14-36)39(4,31-9-15-37(16-10-31)48-26-34(45)23-42-21-28(42)2)29-5-11-35(12-6-29)46-24-32(43)19-40-38(3)17-18-38/h5-16,27-28,32-34,40,43-45H,17-26H2,1-4H3. The number of aliphatic hydroxyl groups is 3. The van der Waals surface area contributed by atoms with E-state index in [2.05, 4.69) is 79.2 Å². The zero-order valence-electron chi connectivity index (χ0n) is 28.8. The molecule has 3 fully saturated rings. The SMILES string of the molecule is CC1CN1CC(O)COc1ccc(C(C)(c2ccc(OCC(O)CNC3(C)CC3)cc2)c2ccc(OCC(O)CN3CC3C)cc2)cc1. The molecule has 48 heavy (non-hydrogen) atoms. The quantitative estimate of drug-likeness (QED) is 0.113. The molecule has 3 aromatic rings. The molecule has 1 aliphatic carbocycles. The van der Waals surface area contributed by atoms with Crippen LogP contribution in [0.15, 0.2) is 72.8 Å². The molecule has 3 aromatic carbocycles. The molecule has 7 unspecified atom stereocenters. The highest BCUT2D eigenvalue weighted by Crippen LogP contribution is 2.41. The minimum atomic E-state index is -0.583. The van der Waals surface area contributed by atoms with E-state index in [1.807, 2.05) is 36.4 Å². The average Bonchev–Trinajstić information content (AvgIpc) is 4.06. The Morgan fingerprint density at radius 2 is 1.00 bits per heavy atom. The highest BCUT2D eigenvalue weighted by Gasteiger charge is 2.37. The normalized spacial score (nSPS) is 25.3. The molecule has 0 aromatic heterocycles. The summed E-state index contributed by atoms with van der Waals surface area (Å²) >= 11 is 0. The lowest BCUT2D eigenvalue weighted by atomic mass is 9.71. The van der Waals surface area contributed by atoms with Crippen molar-refractivity contribution in [3.63, 3.8) is 0 Å². The number of hydrogen-bond donors (Lipinski definition) is 4. The van der Waals surface area contributed by atoms with Crippen molar-refractivity contribution in [1.82, 2.24) is 15.1 Å². The lowest BCUT2D eigenvalue weighted by Crippen LogP contribution is -2.37. The van der Waals surface area contributed by atoms with E-state index in [1.165, 1.54) is 0 Å². The van der Waals surface area contributed by atoms with Gasteiger partial charge in [0.2, 0.25) is 0 Å². The van der Waals surface area contributed by atoms with Crippen molar-refractivity contribution in [2.75, 3.05) is 52.5 Å². The first-order chi connectivity index (χ1) is 23.0. The molecule has 2 heterocycles. The fourth-order valence-corrected chi connectivity index (χ4v) is 6.26. The molecule has 2 aliphatic heterocycles. The van der Waals surface area contributed by atoms with Gasteiger partial charge in [0.05, 0.1) is 0 Å². The van der Waals surface area contributed by atoms with Crippen LogP contribution < -0.4 is 19.5 Å². The van der Waals surface area contributed by atoms with Crippen LogP contribution in [0.25, 0.3) is 0 Å².